The van der Waals surface area contributed by atoms with E-state index in [0.717, 1.165) is 6.42 Å². The van der Waals surface area contributed by atoms with Crippen LogP contribution in [0.3, 0.4) is 0 Å². The van der Waals surface area contributed by atoms with Crippen molar-refractivity contribution in [3.63, 3.8) is 0 Å². The van der Waals surface area contributed by atoms with E-state index in [1.54, 1.807) is 0 Å². The van der Waals surface area contributed by atoms with Gasteiger partial charge in [-0.2, -0.15) is 0 Å². The summed E-state index contributed by atoms with van der Waals surface area (Å²) in [4.78, 5) is 11.7. The van der Waals surface area contributed by atoms with Crippen molar-refractivity contribution < 1.29 is 0 Å². The van der Waals surface area contributed by atoms with Gasteiger partial charge in [-0.05, 0) is 46.8 Å². The lowest BCUT2D eigenvalue weighted by Crippen LogP contribution is -1.95. The van der Waals surface area contributed by atoms with Crippen LogP contribution in [0.1, 0.15) is 11.3 Å². The van der Waals surface area contributed by atoms with E-state index in [2.05, 4.69) is 45.3 Å². The molecule has 20 heavy (non-hydrogen) atoms. The first-order valence-corrected chi connectivity index (χ1v) is 6.63. The topological polar surface area (TPSA) is 41.6 Å². The van der Waals surface area contributed by atoms with Crippen LogP contribution >= 0.6 is 0 Å². The molecule has 0 atom stereocenters. The van der Waals surface area contributed by atoms with Gasteiger partial charge in [0.1, 0.15) is 0 Å². The lowest BCUT2D eigenvalue weighted by Gasteiger charge is -2.09. The smallest absolute Gasteiger partial charge is 0.0353 e. The summed E-state index contributed by atoms with van der Waals surface area (Å²) in [7, 11) is 0. The van der Waals surface area contributed by atoms with E-state index in [0.29, 0.717) is 0 Å². The summed E-state index contributed by atoms with van der Waals surface area (Å²) in [5.74, 6) is 0. The van der Waals surface area contributed by atoms with Crippen LogP contribution in [0.15, 0.2) is 61.3 Å². The number of nitrogens with one attached hydrogen (secondary N) is 1. The van der Waals surface area contributed by atoms with Gasteiger partial charge in [-0.3, -0.25) is 9.97 Å². The van der Waals surface area contributed by atoms with E-state index in [1.807, 2.05) is 31.0 Å². The lowest BCUT2D eigenvalue weighted by atomic mass is 10.0. The number of nitrogens with zero attached hydrogens (tertiary/aromatic N) is 2. The predicted octanol–water partition coefficient (Wildman–Crippen LogP) is 3.65. The molecule has 0 saturated heterocycles. The zero-order valence-electron chi connectivity index (χ0n) is 10.9. The van der Waals surface area contributed by atoms with Crippen molar-refractivity contribution in [2.75, 3.05) is 0 Å². The van der Waals surface area contributed by atoms with Crippen molar-refractivity contribution in [1.82, 2.24) is 15.0 Å². The highest BCUT2D eigenvalue weighted by molar-refractivity contribution is 6.02. The molecule has 3 nitrogen and oxygen atoms in total. The highest BCUT2D eigenvalue weighted by atomic mass is 14.7. The molecule has 96 valence electrons. The van der Waals surface area contributed by atoms with Gasteiger partial charge < -0.3 is 4.98 Å². The second-order valence-corrected chi connectivity index (χ2v) is 4.93. The fourth-order valence-electron chi connectivity index (χ4n) is 2.75. The standard InChI is InChI=1S/C17H13N3/c1-5-18-6-2-12(1)9-16-17-14(4-8-20-16)10-13-3-7-19-11-15(13)17/h1-8,10-11,20H,9H2. The molecular formula is C17H13N3. The summed E-state index contributed by atoms with van der Waals surface area (Å²) in [5.41, 5.74) is 5.00. The number of H-pyrrole nitrogens is 1. The Morgan fingerprint density at radius 1 is 0.950 bits per heavy atom. The van der Waals surface area contributed by atoms with Gasteiger partial charge in [0.05, 0.1) is 0 Å². The zero-order chi connectivity index (χ0) is 13.4. The highest BCUT2D eigenvalue weighted by Crippen LogP contribution is 2.36. The monoisotopic (exact) mass is 259 g/mol. The quantitative estimate of drug-likeness (QED) is 0.597. The zero-order valence-corrected chi connectivity index (χ0v) is 10.9. The van der Waals surface area contributed by atoms with Gasteiger partial charge in [-0.15, -0.1) is 0 Å². The molecule has 2 aliphatic rings. The third kappa shape index (κ3) is 1.75. The van der Waals surface area contributed by atoms with Crippen LogP contribution in [-0.2, 0) is 6.42 Å². The Hall–Kier alpha value is -2.68. The number of aromatic nitrogens is 3. The van der Waals surface area contributed by atoms with Crippen molar-refractivity contribution in [2.24, 2.45) is 0 Å². The third-order valence-electron chi connectivity index (χ3n) is 3.68. The maximum Gasteiger partial charge on any atom is 0.0353 e. The molecule has 0 fully saturated rings. The minimum Gasteiger partial charge on any atom is -0.364 e. The van der Waals surface area contributed by atoms with Crippen LogP contribution in [-0.4, -0.2) is 15.0 Å². The molecule has 0 spiro atoms. The fraction of sp³-hybridized carbons (Fsp3) is 0.0588. The Morgan fingerprint density at radius 3 is 2.70 bits per heavy atom. The molecule has 4 rings (SSSR count). The number of rotatable bonds is 2. The van der Waals surface area contributed by atoms with Crippen LogP contribution in [0.25, 0.3) is 21.9 Å². The molecular weight excluding hydrogens is 246 g/mol. The van der Waals surface area contributed by atoms with E-state index < -0.39 is 0 Å². The summed E-state index contributed by atoms with van der Waals surface area (Å²) < 4.78 is 0. The minimum atomic E-state index is 0.869. The molecule has 2 aromatic rings. The van der Waals surface area contributed by atoms with Gasteiger partial charge in [0.2, 0.25) is 0 Å². The Kier molecular flexibility index (Phi) is 2.49. The Balaban J connectivity index is 1.91. The highest BCUT2D eigenvalue weighted by Gasteiger charge is 2.14. The van der Waals surface area contributed by atoms with E-state index in [4.69, 9.17) is 0 Å². The van der Waals surface area contributed by atoms with Gasteiger partial charge in [0.15, 0.2) is 0 Å². The second-order valence-electron chi connectivity index (χ2n) is 4.93. The molecule has 0 aromatic carbocycles. The molecule has 0 radical (unpaired) electrons. The summed E-state index contributed by atoms with van der Waals surface area (Å²) in [6, 6.07) is 10.5. The number of hydrogen-bond acceptors (Lipinski definition) is 2. The van der Waals surface area contributed by atoms with Gasteiger partial charge >= 0.3 is 0 Å². The van der Waals surface area contributed by atoms with E-state index >= 15 is 0 Å². The third-order valence-corrected chi connectivity index (χ3v) is 3.68. The lowest BCUT2D eigenvalue weighted by molar-refractivity contribution is 1.07. The van der Waals surface area contributed by atoms with Crippen LogP contribution < -0.4 is 0 Å². The van der Waals surface area contributed by atoms with Crippen LogP contribution in [0, 0.1) is 0 Å². The Labute approximate surface area is 116 Å². The van der Waals surface area contributed by atoms with Crippen molar-refractivity contribution in [3.05, 3.63) is 72.6 Å². The summed E-state index contributed by atoms with van der Waals surface area (Å²) in [5, 5.41) is 2.45. The van der Waals surface area contributed by atoms with Gasteiger partial charge in [-0.1, -0.05) is 0 Å². The molecule has 3 heterocycles. The minimum absolute atomic E-state index is 0.869. The summed E-state index contributed by atoms with van der Waals surface area (Å²) in [6.07, 6.45) is 10.3. The van der Waals surface area contributed by atoms with Crippen LogP contribution in [0.5, 0.6) is 0 Å². The maximum absolute atomic E-state index is 4.26. The van der Waals surface area contributed by atoms with E-state index in [-0.39, 0.29) is 0 Å². The average Bonchev–Trinajstić information content (AvgIpc) is 2.88. The van der Waals surface area contributed by atoms with Crippen molar-refractivity contribution in [3.8, 4) is 11.1 Å². The number of pyridine rings is 3. The number of hydrogen-bond donors (Lipinski definition) is 1. The van der Waals surface area contributed by atoms with Gasteiger partial charge in [-0.25, -0.2) is 0 Å². The fourth-order valence-corrected chi connectivity index (χ4v) is 2.75. The number of aromatic amines is 1. The first-order chi connectivity index (χ1) is 9.92. The molecule has 1 aliphatic heterocycles. The molecule has 0 unspecified atom stereocenters. The molecule has 0 saturated carbocycles. The van der Waals surface area contributed by atoms with Crippen LogP contribution in [0.2, 0.25) is 0 Å². The van der Waals surface area contributed by atoms with Crippen molar-refractivity contribution in [1.29, 1.82) is 0 Å². The molecule has 2 aromatic heterocycles. The average molecular weight is 259 g/mol. The Morgan fingerprint density at radius 2 is 1.80 bits per heavy atom. The van der Waals surface area contributed by atoms with Gasteiger partial charge in [0, 0.05) is 54.0 Å². The second kappa shape index (κ2) is 4.46. The first kappa shape index (κ1) is 11.2. The van der Waals surface area contributed by atoms with E-state index in [1.165, 1.54) is 33.2 Å². The normalized spacial score (nSPS) is 11.2. The van der Waals surface area contributed by atoms with E-state index in [9.17, 15) is 0 Å². The predicted molar refractivity (Wildman–Crippen MR) is 79.8 cm³/mol. The molecule has 0 amide bonds. The van der Waals surface area contributed by atoms with Crippen LogP contribution in [0.4, 0.5) is 0 Å². The molecule has 3 heteroatoms. The maximum atomic E-state index is 4.26. The molecule has 0 bridgehead atoms. The summed E-state index contributed by atoms with van der Waals surface area (Å²) >= 11 is 0. The Bertz CT molecular complexity index is 833. The largest absolute Gasteiger partial charge is 0.364 e. The first-order valence-electron chi connectivity index (χ1n) is 6.63. The summed E-state index contributed by atoms with van der Waals surface area (Å²) in [6.45, 7) is 0. The van der Waals surface area contributed by atoms with Gasteiger partial charge in [0.25, 0.3) is 0 Å². The number of fused-ring (bicyclic) bond motifs is 3. The molecule has 1 aliphatic carbocycles. The van der Waals surface area contributed by atoms with Crippen molar-refractivity contribution in [2.45, 2.75) is 6.42 Å². The van der Waals surface area contributed by atoms with Crippen molar-refractivity contribution >= 4 is 10.8 Å². The SMILES string of the molecule is c1cc(Cc2[nH]ccc3cc4ccncc4c2-3)ccn1. The molecule has 1 N–H and O–H groups in total.